The van der Waals surface area contributed by atoms with Crippen LogP contribution in [0.3, 0.4) is 0 Å². The zero-order valence-electron chi connectivity index (χ0n) is 15.9. The lowest BCUT2D eigenvalue weighted by Gasteiger charge is -2.09. The summed E-state index contributed by atoms with van der Waals surface area (Å²) in [6.45, 7) is 0. The van der Waals surface area contributed by atoms with E-state index in [2.05, 4.69) is 25.7 Å². The van der Waals surface area contributed by atoms with Crippen LogP contribution in [0, 0.1) is 0 Å². The fourth-order valence-electron chi connectivity index (χ4n) is 2.51. The van der Waals surface area contributed by atoms with Gasteiger partial charge in [0.1, 0.15) is 5.75 Å². The summed E-state index contributed by atoms with van der Waals surface area (Å²) in [5.41, 5.74) is 3.68. The Labute approximate surface area is 171 Å². The minimum atomic E-state index is -0.406. The van der Waals surface area contributed by atoms with Crippen LogP contribution in [-0.2, 0) is 0 Å². The van der Waals surface area contributed by atoms with Crippen LogP contribution in [-0.4, -0.2) is 42.7 Å². The van der Waals surface area contributed by atoms with E-state index in [1.807, 2.05) is 0 Å². The van der Waals surface area contributed by atoms with Gasteiger partial charge in [0, 0.05) is 5.56 Å². The molecule has 0 saturated carbocycles. The number of H-pyrrole nitrogens is 1. The van der Waals surface area contributed by atoms with Gasteiger partial charge in [0.25, 0.3) is 5.56 Å². The first kappa shape index (κ1) is 20.2. The highest BCUT2D eigenvalue weighted by Gasteiger charge is 2.10. The number of anilines is 1. The fraction of sp³-hybridized carbons (Fsp3) is 0.158. The van der Waals surface area contributed by atoms with Gasteiger partial charge >= 0.3 is 0 Å². The van der Waals surface area contributed by atoms with Crippen LogP contribution >= 0.6 is 11.6 Å². The van der Waals surface area contributed by atoms with Crippen molar-refractivity contribution in [1.29, 1.82) is 0 Å². The quantitative estimate of drug-likeness (QED) is 0.450. The zero-order valence-corrected chi connectivity index (χ0v) is 16.6. The molecular formula is C19H18ClN5O4. The second-order valence-corrected chi connectivity index (χ2v) is 6.10. The molecule has 1 aromatic heterocycles. The highest BCUT2D eigenvalue weighted by atomic mass is 35.5. The van der Waals surface area contributed by atoms with Crippen LogP contribution in [0.2, 0.25) is 5.02 Å². The van der Waals surface area contributed by atoms with Crippen molar-refractivity contribution in [1.82, 2.24) is 15.2 Å². The predicted octanol–water partition coefficient (Wildman–Crippen LogP) is 2.96. The lowest BCUT2D eigenvalue weighted by molar-refractivity contribution is 0.355. The number of halogens is 1. The normalized spacial score (nSPS) is 10.8. The second-order valence-electron chi connectivity index (χ2n) is 5.69. The number of nitrogens with one attached hydrogen (secondary N) is 2. The summed E-state index contributed by atoms with van der Waals surface area (Å²) < 4.78 is 15.5. The van der Waals surface area contributed by atoms with Crippen molar-refractivity contribution < 1.29 is 14.2 Å². The Morgan fingerprint density at radius 2 is 1.83 bits per heavy atom. The van der Waals surface area contributed by atoms with E-state index in [0.29, 0.717) is 33.4 Å². The number of aromatic nitrogens is 3. The number of aromatic amines is 1. The van der Waals surface area contributed by atoms with Crippen LogP contribution in [0.25, 0.3) is 11.3 Å². The largest absolute Gasteiger partial charge is 0.497 e. The lowest BCUT2D eigenvalue weighted by Crippen LogP contribution is -2.15. The van der Waals surface area contributed by atoms with Gasteiger partial charge in [0.05, 0.1) is 32.6 Å². The van der Waals surface area contributed by atoms with E-state index < -0.39 is 5.56 Å². The molecule has 9 nitrogen and oxygen atoms in total. The van der Waals surface area contributed by atoms with Crippen LogP contribution < -0.4 is 25.2 Å². The Kier molecular flexibility index (Phi) is 6.30. The monoisotopic (exact) mass is 415 g/mol. The van der Waals surface area contributed by atoms with Gasteiger partial charge in [0.2, 0.25) is 5.95 Å². The molecular weight excluding hydrogens is 398 g/mol. The van der Waals surface area contributed by atoms with E-state index in [1.165, 1.54) is 20.4 Å². The number of methoxy groups -OCH3 is 3. The van der Waals surface area contributed by atoms with E-state index in [9.17, 15) is 4.79 Å². The van der Waals surface area contributed by atoms with Crippen molar-refractivity contribution in [2.45, 2.75) is 0 Å². The van der Waals surface area contributed by atoms with E-state index in [4.69, 9.17) is 25.8 Å². The number of hydrazone groups is 1. The maximum absolute atomic E-state index is 12.3. The highest BCUT2D eigenvalue weighted by molar-refractivity contribution is 6.32. The molecule has 2 aromatic carbocycles. The summed E-state index contributed by atoms with van der Waals surface area (Å²) in [6.07, 6.45) is 1.49. The molecule has 0 fully saturated rings. The van der Waals surface area contributed by atoms with Gasteiger partial charge in [0.15, 0.2) is 17.2 Å². The standard InChI is InChI=1S/C19H18ClN5O4/c1-27-13-6-4-12(5-7-13)16-18(26)22-19(25-23-16)24-21-10-11-8-14(20)17(29-3)15(9-11)28-2/h4-10H,1-3H3,(H2,22,24,25,26)/b21-10+. The average Bonchev–Trinajstić information content (AvgIpc) is 2.73. The summed E-state index contributed by atoms with van der Waals surface area (Å²) in [5, 5.41) is 12.3. The van der Waals surface area contributed by atoms with Gasteiger partial charge in [-0.1, -0.05) is 11.6 Å². The van der Waals surface area contributed by atoms with Crippen molar-refractivity contribution in [2.75, 3.05) is 26.8 Å². The van der Waals surface area contributed by atoms with Crippen LogP contribution in [0.15, 0.2) is 46.3 Å². The Balaban J connectivity index is 1.75. The van der Waals surface area contributed by atoms with Crippen molar-refractivity contribution in [3.8, 4) is 28.5 Å². The van der Waals surface area contributed by atoms with E-state index in [1.54, 1.807) is 43.5 Å². The lowest BCUT2D eigenvalue weighted by atomic mass is 10.1. The molecule has 150 valence electrons. The third kappa shape index (κ3) is 4.64. The third-order valence-electron chi connectivity index (χ3n) is 3.90. The summed E-state index contributed by atoms with van der Waals surface area (Å²) in [6, 6.07) is 10.3. The minimum absolute atomic E-state index is 0.0927. The van der Waals surface area contributed by atoms with Gasteiger partial charge in [-0.2, -0.15) is 5.10 Å². The molecule has 0 spiro atoms. The number of ether oxygens (including phenoxy) is 3. The highest BCUT2D eigenvalue weighted by Crippen LogP contribution is 2.35. The molecule has 0 bridgehead atoms. The molecule has 0 amide bonds. The van der Waals surface area contributed by atoms with Crippen molar-refractivity contribution in [2.24, 2.45) is 5.10 Å². The maximum atomic E-state index is 12.3. The Morgan fingerprint density at radius 3 is 2.45 bits per heavy atom. The summed E-state index contributed by atoms with van der Waals surface area (Å²) in [5.74, 6) is 1.68. The first-order valence-corrected chi connectivity index (χ1v) is 8.75. The fourth-order valence-corrected chi connectivity index (χ4v) is 2.80. The van der Waals surface area contributed by atoms with Crippen molar-refractivity contribution in [3.05, 3.63) is 57.3 Å². The van der Waals surface area contributed by atoms with Crippen LogP contribution in [0.1, 0.15) is 5.56 Å². The number of hydrogen-bond acceptors (Lipinski definition) is 8. The Morgan fingerprint density at radius 1 is 1.07 bits per heavy atom. The second kappa shape index (κ2) is 9.07. The van der Waals surface area contributed by atoms with Crippen molar-refractivity contribution >= 4 is 23.8 Å². The van der Waals surface area contributed by atoms with Gasteiger partial charge in [-0.15, -0.1) is 10.2 Å². The molecule has 0 aliphatic carbocycles. The SMILES string of the molecule is COc1ccc(-c2nnc(N/N=C/c3cc(Cl)c(OC)c(OC)c3)[nH]c2=O)cc1. The summed E-state index contributed by atoms with van der Waals surface area (Å²) in [4.78, 5) is 14.9. The molecule has 0 atom stereocenters. The molecule has 10 heteroatoms. The first-order valence-electron chi connectivity index (χ1n) is 8.37. The third-order valence-corrected chi connectivity index (χ3v) is 4.18. The molecule has 2 N–H and O–H groups in total. The molecule has 0 aliphatic rings. The maximum Gasteiger partial charge on any atom is 0.279 e. The molecule has 0 radical (unpaired) electrons. The van der Waals surface area contributed by atoms with Gasteiger partial charge in [-0.05, 0) is 42.0 Å². The molecule has 3 rings (SSSR count). The number of rotatable bonds is 7. The molecule has 0 aliphatic heterocycles. The molecule has 3 aromatic rings. The van der Waals surface area contributed by atoms with E-state index in [-0.39, 0.29) is 11.6 Å². The summed E-state index contributed by atoms with van der Waals surface area (Å²) in [7, 11) is 4.58. The first-order chi connectivity index (χ1) is 14.0. The van der Waals surface area contributed by atoms with Crippen molar-refractivity contribution in [3.63, 3.8) is 0 Å². The van der Waals surface area contributed by atoms with Crippen LogP contribution in [0.5, 0.6) is 17.2 Å². The zero-order chi connectivity index (χ0) is 20.8. The average molecular weight is 416 g/mol. The smallest absolute Gasteiger partial charge is 0.279 e. The minimum Gasteiger partial charge on any atom is -0.497 e. The van der Waals surface area contributed by atoms with E-state index >= 15 is 0 Å². The van der Waals surface area contributed by atoms with E-state index in [0.717, 1.165) is 0 Å². The Bertz CT molecular complexity index is 1080. The molecule has 0 unspecified atom stereocenters. The number of hydrogen-bond donors (Lipinski definition) is 2. The number of nitrogens with zero attached hydrogens (tertiary/aromatic N) is 3. The van der Waals surface area contributed by atoms with Gasteiger partial charge in [-0.3, -0.25) is 9.78 Å². The molecule has 0 saturated heterocycles. The van der Waals surface area contributed by atoms with Gasteiger partial charge in [-0.25, -0.2) is 5.43 Å². The predicted molar refractivity (Wildman–Crippen MR) is 110 cm³/mol. The molecule has 1 heterocycles. The Hall–Kier alpha value is -3.59. The van der Waals surface area contributed by atoms with Crippen LogP contribution in [0.4, 0.5) is 5.95 Å². The number of benzene rings is 2. The topological polar surface area (TPSA) is 111 Å². The van der Waals surface area contributed by atoms with Gasteiger partial charge < -0.3 is 14.2 Å². The molecule has 29 heavy (non-hydrogen) atoms. The summed E-state index contributed by atoms with van der Waals surface area (Å²) >= 11 is 6.16.